The van der Waals surface area contributed by atoms with E-state index in [0.717, 1.165) is 19.4 Å². The molecule has 2 unspecified atom stereocenters. The van der Waals surface area contributed by atoms with Crippen LogP contribution >= 0.6 is 22.9 Å². The second-order valence-corrected chi connectivity index (χ2v) is 5.48. The van der Waals surface area contributed by atoms with Crippen LogP contribution in [0.5, 0.6) is 0 Å². The number of hydrogen-bond acceptors (Lipinski definition) is 2. The van der Waals surface area contributed by atoms with Gasteiger partial charge in [-0.2, -0.15) is 0 Å². The Labute approximate surface area is 95.5 Å². The lowest BCUT2D eigenvalue weighted by atomic mass is 10.2. The molecule has 1 rings (SSSR count). The molecule has 0 aromatic carbocycles. The van der Waals surface area contributed by atoms with E-state index in [1.54, 1.807) is 0 Å². The van der Waals surface area contributed by atoms with E-state index in [9.17, 15) is 0 Å². The largest absolute Gasteiger partial charge is 0.314 e. The first-order valence-electron chi connectivity index (χ1n) is 5.08. The maximum Gasteiger partial charge on any atom is 0.0322 e. The lowest BCUT2D eigenvalue weighted by molar-refractivity contribution is 0.516. The van der Waals surface area contributed by atoms with Crippen molar-refractivity contribution in [3.8, 4) is 0 Å². The quantitative estimate of drug-likeness (QED) is 0.741. The Hall–Kier alpha value is -0.0500. The summed E-state index contributed by atoms with van der Waals surface area (Å²) >= 11 is 7.74. The summed E-state index contributed by atoms with van der Waals surface area (Å²) in [6.45, 7) is 5.28. The van der Waals surface area contributed by atoms with Crippen LogP contribution in [0.2, 0.25) is 0 Å². The molecule has 1 aromatic rings. The Morgan fingerprint density at radius 3 is 2.86 bits per heavy atom. The zero-order valence-electron chi connectivity index (χ0n) is 8.79. The summed E-state index contributed by atoms with van der Waals surface area (Å²) in [5.41, 5.74) is 0. The van der Waals surface area contributed by atoms with Gasteiger partial charge in [0.25, 0.3) is 0 Å². The molecule has 1 heterocycles. The van der Waals surface area contributed by atoms with Crippen molar-refractivity contribution in [1.82, 2.24) is 5.32 Å². The number of rotatable bonds is 6. The molecule has 0 bridgehead atoms. The second-order valence-electron chi connectivity index (χ2n) is 3.70. The van der Waals surface area contributed by atoms with Crippen molar-refractivity contribution in [3.05, 3.63) is 22.4 Å². The maximum atomic E-state index is 5.91. The van der Waals surface area contributed by atoms with Crippen LogP contribution in [0.1, 0.15) is 25.1 Å². The van der Waals surface area contributed by atoms with Gasteiger partial charge in [0.15, 0.2) is 0 Å². The molecular formula is C11H18ClNS. The summed E-state index contributed by atoms with van der Waals surface area (Å²) in [4.78, 5) is 1.45. The molecule has 1 N–H and O–H groups in total. The highest BCUT2D eigenvalue weighted by molar-refractivity contribution is 7.09. The first-order valence-corrected chi connectivity index (χ1v) is 6.40. The van der Waals surface area contributed by atoms with Gasteiger partial charge in [-0.25, -0.2) is 0 Å². The summed E-state index contributed by atoms with van der Waals surface area (Å²) in [5, 5.41) is 5.86. The molecule has 80 valence electrons. The smallest absolute Gasteiger partial charge is 0.0322 e. The molecule has 0 radical (unpaired) electrons. The first-order chi connectivity index (χ1) is 6.68. The van der Waals surface area contributed by atoms with Gasteiger partial charge in [-0.05, 0) is 38.1 Å². The number of alkyl halides is 1. The molecule has 2 atom stereocenters. The SMILES string of the molecule is CC(Cl)CC(C)NCCc1cccs1. The van der Waals surface area contributed by atoms with Gasteiger partial charge in [0.05, 0.1) is 0 Å². The highest BCUT2D eigenvalue weighted by atomic mass is 35.5. The number of nitrogens with one attached hydrogen (secondary N) is 1. The van der Waals surface area contributed by atoms with E-state index >= 15 is 0 Å². The predicted molar refractivity (Wildman–Crippen MR) is 65.4 cm³/mol. The second kappa shape index (κ2) is 6.44. The highest BCUT2D eigenvalue weighted by Crippen LogP contribution is 2.09. The van der Waals surface area contributed by atoms with Gasteiger partial charge in [-0.15, -0.1) is 22.9 Å². The normalized spacial score (nSPS) is 15.4. The third kappa shape index (κ3) is 4.99. The molecular weight excluding hydrogens is 214 g/mol. The fourth-order valence-corrected chi connectivity index (χ4v) is 2.44. The number of thiophene rings is 1. The summed E-state index contributed by atoms with van der Waals surface area (Å²) < 4.78 is 0. The van der Waals surface area contributed by atoms with Gasteiger partial charge in [-0.3, -0.25) is 0 Å². The average Bonchev–Trinajstić information content (AvgIpc) is 2.55. The maximum absolute atomic E-state index is 5.91. The summed E-state index contributed by atoms with van der Waals surface area (Å²) in [6, 6.07) is 4.80. The van der Waals surface area contributed by atoms with Gasteiger partial charge >= 0.3 is 0 Å². The number of hydrogen-bond donors (Lipinski definition) is 1. The van der Waals surface area contributed by atoms with Gasteiger partial charge < -0.3 is 5.32 Å². The Kier molecular flexibility index (Phi) is 5.53. The van der Waals surface area contributed by atoms with Crippen molar-refractivity contribution >= 4 is 22.9 Å². The molecule has 3 heteroatoms. The van der Waals surface area contributed by atoms with Crippen molar-refractivity contribution in [1.29, 1.82) is 0 Å². The van der Waals surface area contributed by atoms with Crippen molar-refractivity contribution in [3.63, 3.8) is 0 Å². The monoisotopic (exact) mass is 231 g/mol. The first kappa shape index (κ1) is 12.0. The Balaban J connectivity index is 2.09. The van der Waals surface area contributed by atoms with E-state index in [0.29, 0.717) is 6.04 Å². The minimum atomic E-state index is 0.263. The Morgan fingerprint density at radius 1 is 1.50 bits per heavy atom. The standard InChI is InChI=1S/C11H18ClNS/c1-9(12)8-10(2)13-6-5-11-4-3-7-14-11/h3-4,7,9-10,13H,5-6,8H2,1-2H3. The van der Waals surface area contributed by atoms with Crippen molar-refractivity contribution < 1.29 is 0 Å². The van der Waals surface area contributed by atoms with Crippen LogP contribution < -0.4 is 5.32 Å². The molecule has 0 fully saturated rings. The van der Waals surface area contributed by atoms with Crippen LogP contribution in [0, 0.1) is 0 Å². The number of halogens is 1. The molecule has 14 heavy (non-hydrogen) atoms. The molecule has 0 amide bonds. The van der Waals surface area contributed by atoms with Gasteiger partial charge in [0.2, 0.25) is 0 Å². The van der Waals surface area contributed by atoms with Crippen LogP contribution in [0.4, 0.5) is 0 Å². The zero-order valence-corrected chi connectivity index (χ0v) is 10.4. The van der Waals surface area contributed by atoms with Crippen LogP contribution in [-0.2, 0) is 6.42 Å². The summed E-state index contributed by atoms with van der Waals surface area (Å²) in [6.07, 6.45) is 2.16. The van der Waals surface area contributed by atoms with E-state index in [1.165, 1.54) is 4.88 Å². The fraction of sp³-hybridized carbons (Fsp3) is 0.636. The molecule has 0 aliphatic carbocycles. The topological polar surface area (TPSA) is 12.0 Å². The lowest BCUT2D eigenvalue weighted by Gasteiger charge is -2.14. The Bertz CT molecular complexity index is 233. The molecule has 1 aromatic heterocycles. The van der Waals surface area contributed by atoms with Crippen molar-refractivity contribution in [2.45, 2.75) is 38.1 Å². The van der Waals surface area contributed by atoms with Crippen LogP contribution in [0.25, 0.3) is 0 Å². The van der Waals surface area contributed by atoms with Gasteiger partial charge in [0, 0.05) is 22.8 Å². The van der Waals surface area contributed by atoms with E-state index in [2.05, 4.69) is 29.8 Å². The summed E-state index contributed by atoms with van der Waals surface area (Å²) in [5.74, 6) is 0. The van der Waals surface area contributed by atoms with Gasteiger partial charge in [-0.1, -0.05) is 6.07 Å². The lowest BCUT2D eigenvalue weighted by Crippen LogP contribution is -2.29. The third-order valence-electron chi connectivity index (χ3n) is 2.12. The minimum absolute atomic E-state index is 0.263. The molecule has 0 saturated heterocycles. The third-order valence-corrected chi connectivity index (χ3v) is 3.24. The van der Waals surface area contributed by atoms with Gasteiger partial charge in [0.1, 0.15) is 0 Å². The highest BCUT2D eigenvalue weighted by Gasteiger charge is 2.04. The summed E-state index contributed by atoms with van der Waals surface area (Å²) in [7, 11) is 0. The van der Waals surface area contributed by atoms with Crippen molar-refractivity contribution in [2.24, 2.45) is 0 Å². The molecule has 0 saturated carbocycles. The fourth-order valence-electron chi connectivity index (χ4n) is 1.47. The van der Waals surface area contributed by atoms with Crippen molar-refractivity contribution in [2.75, 3.05) is 6.54 Å². The minimum Gasteiger partial charge on any atom is -0.314 e. The van der Waals surface area contributed by atoms with E-state index < -0.39 is 0 Å². The zero-order chi connectivity index (χ0) is 10.4. The van der Waals surface area contributed by atoms with E-state index in [1.807, 2.05) is 18.3 Å². The van der Waals surface area contributed by atoms with E-state index in [-0.39, 0.29) is 5.38 Å². The Morgan fingerprint density at radius 2 is 2.29 bits per heavy atom. The molecule has 1 nitrogen and oxygen atoms in total. The van der Waals surface area contributed by atoms with Crippen LogP contribution in [0.15, 0.2) is 17.5 Å². The van der Waals surface area contributed by atoms with Crippen LogP contribution in [0.3, 0.4) is 0 Å². The average molecular weight is 232 g/mol. The van der Waals surface area contributed by atoms with E-state index in [4.69, 9.17) is 11.6 Å². The predicted octanol–water partition coefficient (Wildman–Crippen LogP) is 3.29. The molecule has 0 spiro atoms. The molecule has 0 aliphatic heterocycles. The molecule has 0 aliphatic rings. The van der Waals surface area contributed by atoms with Crippen LogP contribution in [-0.4, -0.2) is 18.0 Å².